The first-order valence-corrected chi connectivity index (χ1v) is 8.42. The largest absolute Gasteiger partial charge is 0.453 e. The summed E-state index contributed by atoms with van der Waals surface area (Å²) < 4.78 is 5.20. The fourth-order valence-electron chi connectivity index (χ4n) is 2.16. The molecule has 0 unspecified atom stereocenters. The molecule has 1 amide bonds. The van der Waals surface area contributed by atoms with Gasteiger partial charge in [-0.25, -0.2) is 0 Å². The molecule has 0 aliphatic heterocycles. The van der Waals surface area contributed by atoms with E-state index in [9.17, 15) is 9.59 Å². The molecule has 6 heteroatoms. The first kappa shape index (κ1) is 17.7. The van der Waals surface area contributed by atoms with Crippen LogP contribution in [0.1, 0.15) is 37.3 Å². The Balaban J connectivity index is 1.87. The molecule has 0 aliphatic carbocycles. The van der Waals surface area contributed by atoms with Gasteiger partial charge in [0.15, 0.2) is 6.10 Å². The van der Waals surface area contributed by atoms with E-state index >= 15 is 0 Å². The van der Waals surface area contributed by atoms with Crippen LogP contribution in [0.5, 0.6) is 0 Å². The Morgan fingerprint density at radius 1 is 1.25 bits per heavy atom. The topological polar surface area (TPSA) is 79.2 Å². The Hall–Kier alpha value is -2.65. The Morgan fingerprint density at radius 3 is 2.62 bits per heavy atom. The average Bonchev–Trinajstić information content (AvgIpc) is 3.02. The minimum atomic E-state index is -0.922. The van der Waals surface area contributed by atoms with Crippen LogP contribution in [0.25, 0.3) is 0 Å². The van der Waals surface area contributed by atoms with Crippen molar-refractivity contribution in [1.29, 1.82) is 5.26 Å². The first-order valence-electron chi connectivity index (χ1n) is 7.54. The number of nitrogens with zero attached hydrogens (tertiary/aromatic N) is 1. The number of carbonyl (C=O) groups is 2. The van der Waals surface area contributed by atoms with Crippen LogP contribution >= 0.6 is 11.3 Å². The van der Waals surface area contributed by atoms with Crippen LogP contribution in [0.15, 0.2) is 41.8 Å². The van der Waals surface area contributed by atoms with Crippen molar-refractivity contribution in [2.45, 2.75) is 32.3 Å². The highest BCUT2D eigenvalue weighted by Crippen LogP contribution is 2.23. The molecule has 1 N–H and O–H groups in total. The van der Waals surface area contributed by atoms with Gasteiger partial charge in [0.25, 0.3) is 5.91 Å². The Bertz CT molecular complexity index is 749. The Morgan fingerprint density at radius 2 is 1.96 bits per heavy atom. The van der Waals surface area contributed by atoms with Gasteiger partial charge in [0.1, 0.15) is 11.1 Å². The predicted octanol–water partition coefficient (Wildman–Crippen LogP) is 3.68. The number of ether oxygens (including phenoxy) is 1. The number of benzene rings is 1. The second-order valence-electron chi connectivity index (χ2n) is 5.41. The van der Waals surface area contributed by atoms with E-state index in [1.165, 1.54) is 18.3 Å². The zero-order chi connectivity index (χ0) is 17.5. The van der Waals surface area contributed by atoms with E-state index in [1.54, 1.807) is 11.4 Å². The van der Waals surface area contributed by atoms with Crippen molar-refractivity contribution in [3.63, 3.8) is 0 Å². The summed E-state index contributed by atoms with van der Waals surface area (Å²) in [5.41, 5.74) is 1.44. The second kappa shape index (κ2) is 8.27. The number of hydrogen-bond acceptors (Lipinski definition) is 5. The molecule has 1 heterocycles. The van der Waals surface area contributed by atoms with Gasteiger partial charge in [-0.15, -0.1) is 11.3 Å². The van der Waals surface area contributed by atoms with Crippen LogP contribution in [0, 0.1) is 11.3 Å². The summed E-state index contributed by atoms with van der Waals surface area (Å²) in [4.78, 5) is 24.1. The molecular weight excluding hydrogens is 324 g/mol. The number of thiophene rings is 1. The van der Waals surface area contributed by atoms with Crippen LogP contribution in [0.4, 0.5) is 5.00 Å². The van der Waals surface area contributed by atoms with Gasteiger partial charge in [0.05, 0.1) is 12.0 Å². The first-order chi connectivity index (χ1) is 11.5. The van der Waals surface area contributed by atoms with Gasteiger partial charge in [0.2, 0.25) is 0 Å². The molecular formula is C18H18N2O3S. The highest BCUT2D eigenvalue weighted by Gasteiger charge is 2.21. The smallest absolute Gasteiger partial charge is 0.307 e. The quantitative estimate of drug-likeness (QED) is 0.812. The lowest BCUT2D eigenvalue weighted by Crippen LogP contribution is -2.30. The Labute approximate surface area is 144 Å². The normalized spacial score (nSPS) is 12.7. The number of amides is 1. The third kappa shape index (κ3) is 4.67. The molecule has 0 spiro atoms. The number of nitriles is 1. The van der Waals surface area contributed by atoms with Crippen molar-refractivity contribution in [2.75, 3.05) is 5.32 Å². The molecule has 0 aliphatic rings. The third-order valence-corrected chi connectivity index (χ3v) is 4.37. The number of nitrogens with one attached hydrogen (secondary N) is 1. The fourth-order valence-corrected chi connectivity index (χ4v) is 2.90. The van der Waals surface area contributed by atoms with Gasteiger partial charge in [-0.2, -0.15) is 5.26 Å². The summed E-state index contributed by atoms with van der Waals surface area (Å²) >= 11 is 1.25. The van der Waals surface area contributed by atoms with Crippen LogP contribution in [0.3, 0.4) is 0 Å². The minimum Gasteiger partial charge on any atom is -0.453 e. The molecule has 0 fully saturated rings. The van der Waals surface area contributed by atoms with Crippen molar-refractivity contribution >= 4 is 28.2 Å². The van der Waals surface area contributed by atoms with Crippen molar-refractivity contribution in [2.24, 2.45) is 0 Å². The lowest BCUT2D eigenvalue weighted by Gasteiger charge is -2.15. The van der Waals surface area contributed by atoms with Crippen LogP contribution in [0.2, 0.25) is 0 Å². The molecule has 0 saturated carbocycles. The Kier molecular flexibility index (Phi) is 6.10. The molecule has 1 aromatic carbocycles. The molecule has 2 aromatic rings. The van der Waals surface area contributed by atoms with E-state index in [4.69, 9.17) is 10.00 Å². The van der Waals surface area contributed by atoms with E-state index < -0.39 is 18.0 Å². The molecule has 5 nitrogen and oxygen atoms in total. The van der Waals surface area contributed by atoms with Crippen molar-refractivity contribution in [3.05, 3.63) is 52.9 Å². The molecule has 2 rings (SSSR count). The highest BCUT2D eigenvalue weighted by atomic mass is 32.1. The maximum atomic E-state index is 12.1. The summed E-state index contributed by atoms with van der Waals surface area (Å²) in [6.07, 6.45) is -0.724. The molecule has 0 radical (unpaired) electrons. The SMILES string of the molecule is C[C@H](OC(=O)C[C@H](C)c1ccccc1)C(=O)Nc1sccc1C#N. The van der Waals surface area contributed by atoms with Gasteiger partial charge in [-0.1, -0.05) is 37.3 Å². The lowest BCUT2D eigenvalue weighted by molar-refractivity contribution is -0.153. The number of hydrogen-bond donors (Lipinski definition) is 1. The molecule has 1 aromatic heterocycles. The third-order valence-electron chi connectivity index (χ3n) is 3.54. The van der Waals surface area contributed by atoms with Gasteiger partial charge in [-0.3, -0.25) is 9.59 Å². The van der Waals surface area contributed by atoms with E-state index in [0.717, 1.165) is 5.56 Å². The second-order valence-corrected chi connectivity index (χ2v) is 6.33. The van der Waals surface area contributed by atoms with Gasteiger partial charge in [0, 0.05) is 0 Å². The number of rotatable bonds is 6. The molecule has 0 saturated heterocycles. The van der Waals surface area contributed by atoms with Crippen LogP contribution < -0.4 is 5.32 Å². The van der Waals surface area contributed by atoms with Crippen LogP contribution in [-0.2, 0) is 14.3 Å². The number of anilines is 1. The lowest BCUT2D eigenvalue weighted by atomic mass is 9.98. The summed E-state index contributed by atoms with van der Waals surface area (Å²) in [7, 11) is 0. The average molecular weight is 342 g/mol. The molecule has 24 heavy (non-hydrogen) atoms. The molecule has 124 valence electrons. The zero-order valence-electron chi connectivity index (χ0n) is 13.5. The highest BCUT2D eigenvalue weighted by molar-refractivity contribution is 7.14. The fraction of sp³-hybridized carbons (Fsp3) is 0.278. The maximum Gasteiger partial charge on any atom is 0.307 e. The summed E-state index contributed by atoms with van der Waals surface area (Å²) in [6, 6.07) is 13.3. The van der Waals surface area contributed by atoms with Gasteiger partial charge < -0.3 is 10.1 Å². The minimum absolute atomic E-state index is 0.0106. The molecule has 0 bridgehead atoms. The predicted molar refractivity (Wildman–Crippen MR) is 92.7 cm³/mol. The molecule has 2 atom stereocenters. The number of esters is 1. The monoisotopic (exact) mass is 342 g/mol. The summed E-state index contributed by atoms with van der Waals surface area (Å²) in [5.74, 6) is -0.869. The van der Waals surface area contributed by atoms with E-state index in [2.05, 4.69) is 5.32 Å². The van der Waals surface area contributed by atoms with Crippen molar-refractivity contribution < 1.29 is 14.3 Å². The van der Waals surface area contributed by atoms with Crippen molar-refractivity contribution in [1.82, 2.24) is 0 Å². The summed E-state index contributed by atoms with van der Waals surface area (Å²) in [6.45, 7) is 3.45. The van der Waals surface area contributed by atoms with E-state index in [-0.39, 0.29) is 12.3 Å². The van der Waals surface area contributed by atoms with Crippen molar-refractivity contribution in [3.8, 4) is 6.07 Å². The van der Waals surface area contributed by atoms with E-state index in [0.29, 0.717) is 10.6 Å². The maximum absolute atomic E-state index is 12.1. The summed E-state index contributed by atoms with van der Waals surface area (Å²) in [5, 5.41) is 13.7. The number of carbonyl (C=O) groups excluding carboxylic acids is 2. The van der Waals surface area contributed by atoms with E-state index in [1.807, 2.05) is 43.3 Å². The van der Waals surface area contributed by atoms with Crippen LogP contribution in [-0.4, -0.2) is 18.0 Å². The standard InChI is InChI=1S/C18H18N2O3S/c1-12(14-6-4-3-5-7-14)10-16(21)23-13(2)17(22)20-18-15(11-19)8-9-24-18/h3-9,12-13H,10H2,1-2H3,(H,20,22)/t12-,13-/m0/s1. The van der Waals surface area contributed by atoms with Gasteiger partial charge in [-0.05, 0) is 29.9 Å². The zero-order valence-corrected chi connectivity index (χ0v) is 14.3. The van der Waals surface area contributed by atoms with Gasteiger partial charge >= 0.3 is 5.97 Å².